The maximum absolute atomic E-state index is 11.9. The summed E-state index contributed by atoms with van der Waals surface area (Å²) in [5, 5.41) is 8.10. The van der Waals surface area contributed by atoms with Crippen LogP contribution >= 0.6 is 34.7 Å². The predicted octanol–water partition coefficient (Wildman–Crippen LogP) is 3.52. The van der Waals surface area contributed by atoms with Crippen molar-refractivity contribution in [2.75, 3.05) is 14.2 Å². The molecule has 0 spiro atoms. The smallest absolute Gasteiger partial charge is 0.360 e. The Hall–Kier alpha value is -2.16. The molecule has 25 heavy (non-hydrogen) atoms. The lowest BCUT2D eigenvalue weighted by atomic mass is 10.0. The molecule has 132 valence electrons. The van der Waals surface area contributed by atoms with Crippen LogP contribution in [0, 0.1) is 0 Å². The topological polar surface area (TPSA) is 82.4 Å². The number of ether oxygens (including phenoxy) is 1. The highest BCUT2D eigenvalue weighted by Gasteiger charge is 2.19. The van der Waals surface area contributed by atoms with Gasteiger partial charge in [0, 0.05) is 11.1 Å². The lowest BCUT2D eigenvalue weighted by molar-refractivity contribution is -0.132. The first-order valence-electron chi connectivity index (χ1n) is 6.82. The van der Waals surface area contributed by atoms with E-state index in [4.69, 9.17) is 37.6 Å². The first-order chi connectivity index (χ1) is 12.1. The molecule has 0 radical (unpaired) electrons. The maximum atomic E-state index is 11.9. The average molecular weight is 402 g/mol. The molecule has 0 aliphatic rings. The molecule has 0 fully saturated rings. The highest BCUT2D eigenvalue weighted by molar-refractivity contribution is 7.08. The average Bonchev–Trinajstić information content (AvgIpc) is 2.95. The van der Waals surface area contributed by atoms with Gasteiger partial charge in [-0.25, -0.2) is 4.79 Å². The number of nitrogens with zero attached hydrogens (tertiary/aromatic N) is 3. The van der Waals surface area contributed by atoms with Gasteiger partial charge in [-0.3, -0.25) is 0 Å². The van der Waals surface area contributed by atoms with E-state index >= 15 is 0 Å². The van der Waals surface area contributed by atoms with Crippen LogP contribution in [-0.4, -0.2) is 36.5 Å². The van der Waals surface area contributed by atoms with E-state index in [1.165, 1.54) is 20.4 Å². The molecule has 0 saturated heterocycles. The van der Waals surface area contributed by atoms with Crippen LogP contribution in [0.25, 0.3) is 0 Å². The molecule has 10 heteroatoms. The van der Waals surface area contributed by atoms with Gasteiger partial charge in [0.15, 0.2) is 10.9 Å². The number of methoxy groups -OCH3 is 1. The number of oxime groups is 2. The minimum Gasteiger partial charge on any atom is -0.464 e. The lowest BCUT2D eigenvalue weighted by Gasteiger charge is -2.09. The molecule has 0 saturated carbocycles. The summed E-state index contributed by atoms with van der Waals surface area (Å²) in [6.45, 7) is 0.0938. The van der Waals surface area contributed by atoms with Crippen molar-refractivity contribution in [3.8, 4) is 0 Å². The fraction of sp³-hybridized carbons (Fsp3) is 0.200. The number of rotatable bonds is 7. The van der Waals surface area contributed by atoms with Crippen LogP contribution in [0.2, 0.25) is 10.2 Å². The van der Waals surface area contributed by atoms with E-state index in [1.807, 2.05) is 0 Å². The van der Waals surface area contributed by atoms with Crippen molar-refractivity contribution in [2.24, 2.45) is 10.3 Å². The third kappa shape index (κ3) is 4.91. The number of carbonyl (C=O) groups is 1. The van der Waals surface area contributed by atoms with Gasteiger partial charge in [-0.05, 0) is 11.5 Å². The Labute approximate surface area is 157 Å². The molecule has 0 bridgehead atoms. The summed E-state index contributed by atoms with van der Waals surface area (Å²) in [5.41, 5.74) is 1.23. The van der Waals surface area contributed by atoms with Crippen molar-refractivity contribution in [3.63, 3.8) is 0 Å². The second kappa shape index (κ2) is 9.36. The molecule has 7 nitrogen and oxygen atoms in total. The Kier molecular flexibility index (Phi) is 7.17. The molecular weight excluding hydrogens is 389 g/mol. The molecule has 1 heterocycles. The van der Waals surface area contributed by atoms with Gasteiger partial charge in [0.05, 0.1) is 23.2 Å². The van der Waals surface area contributed by atoms with Crippen molar-refractivity contribution < 1.29 is 19.2 Å². The zero-order chi connectivity index (χ0) is 18.2. The zero-order valence-corrected chi connectivity index (χ0v) is 15.6. The normalized spacial score (nSPS) is 11.6. The number of esters is 1. The van der Waals surface area contributed by atoms with Crippen LogP contribution in [0.5, 0.6) is 0 Å². The summed E-state index contributed by atoms with van der Waals surface area (Å²) < 4.78 is 8.61. The Balaban J connectivity index is 2.14. The van der Waals surface area contributed by atoms with Crippen LogP contribution < -0.4 is 0 Å². The molecule has 0 amide bonds. The molecular formula is C15H13Cl2N3O4S. The molecule has 1 aromatic carbocycles. The molecule has 0 aliphatic heterocycles. The van der Waals surface area contributed by atoms with Gasteiger partial charge in [0.2, 0.25) is 0 Å². The minimum absolute atomic E-state index is 0.0328. The fourth-order valence-corrected chi connectivity index (χ4v) is 2.85. The zero-order valence-electron chi connectivity index (χ0n) is 13.2. The van der Waals surface area contributed by atoms with Crippen LogP contribution in [-0.2, 0) is 25.8 Å². The van der Waals surface area contributed by atoms with Gasteiger partial charge in [0.1, 0.15) is 13.7 Å². The van der Waals surface area contributed by atoms with E-state index < -0.39 is 5.97 Å². The van der Waals surface area contributed by atoms with Gasteiger partial charge in [-0.1, -0.05) is 57.8 Å². The maximum Gasteiger partial charge on any atom is 0.360 e. The SMILES string of the molecule is CO/N=C(/C(=O)OC)c1ccccc1CO/N=C/c1snc(Cl)c1Cl. The minimum atomic E-state index is -0.621. The van der Waals surface area contributed by atoms with Crippen LogP contribution in [0.15, 0.2) is 34.6 Å². The standard InChI is InChI=1S/C15H13Cl2N3O4S/c1-22-15(21)13(19-23-2)10-6-4-3-5-9(10)8-24-18-7-11-12(16)14(17)20-25-11/h3-7H,8H2,1-2H3/b18-7+,19-13+. The van der Waals surface area contributed by atoms with Gasteiger partial charge in [0.25, 0.3) is 0 Å². The first kappa shape index (κ1) is 19.2. The highest BCUT2D eigenvalue weighted by atomic mass is 35.5. The number of carbonyl (C=O) groups excluding carboxylic acids is 1. The van der Waals surface area contributed by atoms with Crippen LogP contribution in [0.4, 0.5) is 0 Å². The van der Waals surface area contributed by atoms with E-state index in [9.17, 15) is 4.79 Å². The van der Waals surface area contributed by atoms with Crippen molar-refractivity contribution in [2.45, 2.75) is 6.61 Å². The molecule has 0 N–H and O–H groups in total. The Bertz CT molecular complexity index is 808. The van der Waals surface area contributed by atoms with Gasteiger partial charge in [-0.15, -0.1) is 0 Å². The van der Waals surface area contributed by atoms with E-state index in [2.05, 4.69) is 14.7 Å². The van der Waals surface area contributed by atoms with E-state index in [1.54, 1.807) is 24.3 Å². The van der Waals surface area contributed by atoms with Crippen LogP contribution in [0.3, 0.4) is 0 Å². The summed E-state index contributed by atoms with van der Waals surface area (Å²) in [4.78, 5) is 22.4. The molecule has 2 aromatic rings. The number of benzene rings is 1. The van der Waals surface area contributed by atoms with E-state index in [0.717, 1.165) is 11.5 Å². The van der Waals surface area contributed by atoms with E-state index in [-0.39, 0.29) is 17.5 Å². The highest BCUT2D eigenvalue weighted by Crippen LogP contribution is 2.26. The fourth-order valence-electron chi connectivity index (χ4n) is 1.80. The monoisotopic (exact) mass is 401 g/mol. The Morgan fingerprint density at radius 3 is 2.72 bits per heavy atom. The van der Waals surface area contributed by atoms with Gasteiger partial charge < -0.3 is 14.4 Å². The Morgan fingerprint density at radius 1 is 1.32 bits per heavy atom. The summed E-state index contributed by atoms with van der Waals surface area (Å²) >= 11 is 12.8. The second-order valence-electron chi connectivity index (χ2n) is 4.43. The predicted molar refractivity (Wildman–Crippen MR) is 96.5 cm³/mol. The number of aromatic nitrogens is 1. The molecule has 0 unspecified atom stereocenters. The summed E-state index contributed by atoms with van der Waals surface area (Å²) in [5.74, 6) is -0.621. The second-order valence-corrected chi connectivity index (χ2v) is 5.97. The molecule has 0 atom stereocenters. The lowest BCUT2D eigenvalue weighted by Crippen LogP contribution is -2.19. The number of halogens is 2. The summed E-state index contributed by atoms with van der Waals surface area (Å²) in [7, 11) is 2.61. The van der Waals surface area contributed by atoms with Crippen molar-refractivity contribution >= 4 is 52.6 Å². The molecule has 2 rings (SSSR count). The Morgan fingerprint density at radius 2 is 2.08 bits per heavy atom. The van der Waals surface area contributed by atoms with Gasteiger partial charge in [-0.2, -0.15) is 4.37 Å². The largest absolute Gasteiger partial charge is 0.464 e. The van der Waals surface area contributed by atoms with Crippen molar-refractivity contribution in [1.82, 2.24) is 4.37 Å². The summed E-state index contributed by atoms with van der Waals surface area (Å²) in [6.07, 6.45) is 1.42. The third-order valence-electron chi connectivity index (χ3n) is 2.92. The van der Waals surface area contributed by atoms with Crippen LogP contribution in [0.1, 0.15) is 16.0 Å². The summed E-state index contributed by atoms with van der Waals surface area (Å²) in [6, 6.07) is 7.04. The number of hydrogen-bond donors (Lipinski definition) is 0. The van der Waals surface area contributed by atoms with E-state index in [0.29, 0.717) is 21.0 Å². The molecule has 0 aliphatic carbocycles. The third-order valence-corrected chi connectivity index (χ3v) is 4.67. The first-order valence-corrected chi connectivity index (χ1v) is 8.35. The van der Waals surface area contributed by atoms with Crippen molar-refractivity contribution in [1.29, 1.82) is 0 Å². The quantitative estimate of drug-likeness (QED) is 0.402. The number of hydrogen-bond acceptors (Lipinski definition) is 8. The van der Waals surface area contributed by atoms with Gasteiger partial charge >= 0.3 is 5.97 Å². The van der Waals surface area contributed by atoms with Crippen molar-refractivity contribution in [3.05, 3.63) is 50.4 Å². The molecule has 1 aromatic heterocycles.